The van der Waals surface area contributed by atoms with Crippen LogP contribution in [0.3, 0.4) is 0 Å². The molecule has 0 spiro atoms. The first-order valence-corrected chi connectivity index (χ1v) is 9.81. The molecule has 2 fully saturated rings. The second kappa shape index (κ2) is 7.20. The smallest absolute Gasteiger partial charge is 0.256 e. The molecule has 8 heteroatoms. The molecular formula is C20H23N7O. The zero-order valence-corrected chi connectivity index (χ0v) is 15.5. The van der Waals surface area contributed by atoms with E-state index in [-0.39, 0.29) is 5.56 Å². The minimum atomic E-state index is -0.177. The molecule has 2 aliphatic rings. The summed E-state index contributed by atoms with van der Waals surface area (Å²) in [5, 5.41) is 22.2. The predicted molar refractivity (Wildman–Crippen MR) is 107 cm³/mol. The third-order valence-electron chi connectivity index (χ3n) is 5.80. The molecule has 4 N–H and O–H groups in total. The lowest BCUT2D eigenvalue weighted by Gasteiger charge is -2.29. The number of fused-ring (bicyclic) bond motifs is 2. The molecule has 0 aliphatic carbocycles. The van der Waals surface area contributed by atoms with Crippen molar-refractivity contribution >= 4 is 5.82 Å². The van der Waals surface area contributed by atoms with E-state index in [4.69, 9.17) is 0 Å². The monoisotopic (exact) mass is 377 g/mol. The van der Waals surface area contributed by atoms with Crippen LogP contribution in [0.25, 0.3) is 22.5 Å². The second-order valence-corrected chi connectivity index (χ2v) is 7.76. The van der Waals surface area contributed by atoms with Crippen molar-refractivity contribution in [2.75, 3.05) is 11.9 Å². The Morgan fingerprint density at radius 1 is 1.07 bits per heavy atom. The lowest BCUT2D eigenvalue weighted by atomic mass is 9.92. The van der Waals surface area contributed by atoms with Crippen molar-refractivity contribution < 1.29 is 0 Å². The number of nitrogens with one attached hydrogen (secondary N) is 4. The molecule has 3 aromatic heterocycles. The van der Waals surface area contributed by atoms with Gasteiger partial charge >= 0.3 is 0 Å². The quantitative estimate of drug-likeness (QED) is 0.542. The van der Waals surface area contributed by atoms with Crippen molar-refractivity contribution in [3.8, 4) is 22.5 Å². The molecule has 2 saturated heterocycles. The summed E-state index contributed by atoms with van der Waals surface area (Å²) in [4.78, 5) is 15.2. The highest BCUT2D eigenvalue weighted by Gasteiger charge is 2.33. The minimum absolute atomic E-state index is 0.177. The molecule has 5 rings (SSSR count). The van der Waals surface area contributed by atoms with E-state index in [9.17, 15) is 4.79 Å². The third-order valence-corrected chi connectivity index (χ3v) is 5.80. The standard InChI is InChI=1S/C20H23N7O/c28-20-16(13-10-22-23-11-13)3-4-17(25-20)18-5-6-19(27-26-18)21-9-12-7-14-1-2-15(8-12)24-14/h3-6,10-12,14-15,24H,1-2,7-9H2,(H,21,27)(H,22,23)(H,25,28). The van der Waals surface area contributed by atoms with Gasteiger partial charge in [0, 0.05) is 30.4 Å². The average Bonchev–Trinajstić information content (AvgIpc) is 3.36. The fourth-order valence-electron chi connectivity index (χ4n) is 4.41. The summed E-state index contributed by atoms with van der Waals surface area (Å²) in [7, 11) is 0. The van der Waals surface area contributed by atoms with E-state index in [1.165, 1.54) is 25.7 Å². The molecule has 2 aliphatic heterocycles. The van der Waals surface area contributed by atoms with Gasteiger partial charge in [0.1, 0.15) is 11.5 Å². The number of aromatic amines is 2. The van der Waals surface area contributed by atoms with Gasteiger partial charge in [0.15, 0.2) is 0 Å². The van der Waals surface area contributed by atoms with Crippen LogP contribution in [-0.4, -0.2) is 44.0 Å². The van der Waals surface area contributed by atoms with Gasteiger partial charge in [-0.15, -0.1) is 10.2 Å². The van der Waals surface area contributed by atoms with Gasteiger partial charge in [-0.3, -0.25) is 9.89 Å². The SMILES string of the molecule is O=c1[nH]c(-c2ccc(NCC3CC4CCC(C3)N4)nn2)ccc1-c1cn[nH]c1. The highest BCUT2D eigenvalue weighted by molar-refractivity contribution is 5.64. The van der Waals surface area contributed by atoms with Crippen molar-refractivity contribution in [1.82, 2.24) is 30.7 Å². The van der Waals surface area contributed by atoms with E-state index in [0.29, 0.717) is 35.0 Å². The zero-order chi connectivity index (χ0) is 18.9. The lowest BCUT2D eigenvalue weighted by Crippen LogP contribution is -2.40. The molecule has 0 amide bonds. The Kier molecular flexibility index (Phi) is 4.40. The predicted octanol–water partition coefficient (Wildman–Crippen LogP) is 2.16. The highest BCUT2D eigenvalue weighted by atomic mass is 16.1. The number of piperidine rings is 1. The topological polar surface area (TPSA) is 111 Å². The molecule has 0 radical (unpaired) electrons. The highest BCUT2D eigenvalue weighted by Crippen LogP contribution is 2.30. The van der Waals surface area contributed by atoms with Crippen LogP contribution in [0, 0.1) is 5.92 Å². The van der Waals surface area contributed by atoms with Crippen LogP contribution >= 0.6 is 0 Å². The van der Waals surface area contributed by atoms with Gasteiger partial charge in [-0.05, 0) is 55.9 Å². The van der Waals surface area contributed by atoms with E-state index < -0.39 is 0 Å². The normalized spacial score (nSPS) is 23.6. The maximum absolute atomic E-state index is 12.4. The number of anilines is 1. The number of nitrogens with zero attached hydrogens (tertiary/aromatic N) is 3. The molecule has 0 aromatic carbocycles. The number of hydrogen-bond acceptors (Lipinski definition) is 6. The lowest BCUT2D eigenvalue weighted by molar-refractivity contribution is 0.311. The summed E-state index contributed by atoms with van der Waals surface area (Å²) >= 11 is 0. The van der Waals surface area contributed by atoms with E-state index >= 15 is 0 Å². The molecule has 2 unspecified atom stereocenters. The van der Waals surface area contributed by atoms with Crippen molar-refractivity contribution in [2.45, 2.75) is 37.8 Å². The van der Waals surface area contributed by atoms with Crippen LogP contribution < -0.4 is 16.2 Å². The minimum Gasteiger partial charge on any atom is -0.368 e. The Bertz CT molecular complexity index is 984. The molecule has 144 valence electrons. The Hall–Kier alpha value is -3.00. The van der Waals surface area contributed by atoms with Crippen LogP contribution in [0.1, 0.15) is 25.7 Å². The molecule has 0 saturated carbocycles. The molecule has 5 heterocycles. The van der Waals surface area contributed by atoms with Gasteiger partial charge in [0.25, 0.3) is 5.56 Å². The van der Waals surface area contributed by atoms with Crippen LogP contribution in [-0.2, 0) is 0 Å². The Morgan fingerprint density at radius 2 is 1.93 bits per heavy atom. The van der Waals surface area contributed by atoms with Crippen LogP contribution in [0.2, 0.25) is 0 Å². The number of rotatable bonds is 5. The summed E-state index contributed by atoms with van der Waals surface area (Å²) in [5.41, 5.74) is 2.43. The number of H-pyrrole nitrogens is 2. The largest absolute Gasteiger partial charge is 0.368 e. The number of pyridine rings is 1. The molecule has 28 heavy (non-hydrogen) atoms. The van der Waals surface area contributed by atoms with Crippen molar-refractivity contribution in [3.05, 3.63) is 47.0 Å². The van der Waals surface area contributed by atoms with Crippen molar-refractivity contribution in [3.63, 3.8) is 0 Å². The first-order chi connectivity index (χ1) is 13.7. The van der Waals surface area contributed by atoms with E-state index in [1.54, 1.807) is 18.5 Å². The van der Waals surface area contributed by atoms with Crippen molar-refractivity contribution in [2.24, 2.45) is 5.92 Å². The van der Waals surface area contributed by atoms with E-state index in [1.807, 2.05) is 18.2 Å². The van der Waals surface area contributed by atoms with Gasteiger partial charge in [-0.2, -0.15) is 5.10 Å². The summed E-state index contributed by atoms with van der Waals surface area (Å²) in [6.07, 6.45) is 8.41. The van der Waals surface area contributed by atoms with Crippen LogP contribution in [0.5, 0.6) is 0 Å². The van der Waals surface area contributed by atoms with Crippen LogP contribution in [0.4, 0.5) is 5.82 Å². The molecule has 3 aromatic rings. The Morgan fingerprint density at radius 3 is 2.61 bits per heavy atom. The van der Waals surface area contributed by atoms with E-state index in [2.05, 4.69) is 36.0 Å². The summed E-state index contributed by atoms with van der Waals surface area (Å²) in [6, 6.07) is 8.80. The number of aromatic nitrogens is 5. The Labute approximate surface area is 162 Å². The van der Waals surface area contributed by atoms with Gasteiger partial charge in [-0.1, -0.05) is 0 Å². The van der Waals surface area contributed by atoms with Crippen molar-refractivity contribution in [1.29, 1.82) is 0 Å². The zero-order valence-electron chi connectivity index (χ0n) is 15.5. The van der Waals surface area contributed by atoms with Crippen LogP contribution in [0.15, 0.2) is 41.5 Å². The number of hydrogen-bond donors (Lipinski definition) is 4. The molecule has 8 nitrogen and oxygen atoms in total. The molecule has 2 atom stereocenters. The Balaban J connectivity index is 1.25. The van der Waals surface area contributed by atoms with Gasteiger partial charge in [0.05, 0.1) is 17.5 Å². The third kappa shape index (κ3) is 3.43. The summed E-state index contributed by atoms with van der Waals surface area (Å²) in [5.74, 6) is 1.46. The first-order valence-electron chi connectivity index (χ1n) is 9.81. The first kappa shape index (κ1) is 17.1. The van der Waals surface area contributed by atoms with Gasteiger partial charge in [0.2, 0.25) is 0 Å². The molecule has 2 bridgehead atoms. The average molecular weight is 377 g/mol. The molecular weight excluding hydrogens is 354 g/mol. The van der Waals surface area contributed by atoms with Gasteiger partial charge in [-0.25, -0.2) is 0 Å². The maximum Gasteiger partial charge on any atom is 0.256 e. The summed E-state index contributed by atoms with van der Waals surface area (Å²) in [6.45, 7) is 0.930. The fourth-order valence-corrected chi connectivity index (χ4v) is 4.41. The fraction of sp³-hybridized carbons (Fsp3) is 0.400. The summed E-state index contributed by atoms with van der Waals surface area (Å²) < 4.78 is 0. The van der Waals surface area contributed by atoms with Gasteiger partial charge < -0.3 is 15.6 Å². The second-order valence-electron chi connectivity index (χ2n) is 7.76. The van der Waals surface area contributed by atoms with E-state index in [0.717, 1.165) is 17.9 Å². The maximum atomic E-state index is 12.4.